The molecule has 1 aliphatic rings. The molecular weight excluding hydrogens is 154 g/mol. The van der Waals surface area contributed by atoms with E-state index in [9.17, 15) is 4.79 Å². The van der Waals surface area contributed by atoms with Crippen LogP contribution in [-0.2, 0) is 9.53 Å². The minimum Gasteiger partial charge on any atom is -0.468 e. The van der Waals surface area contributed by atoms with E-state index in [1.165, 1.54) is 12.7 Å². The SMILES string of the molecule is C=C1CCN(CC(=O)OC)CC1. The molecule has 0 aliphatic carbocycles. The molecule has 1 rings (SSSR count). The van der Waals surface area contributed by atoms with Crippen LogP contribution >= 0.6 is 0 Å². The van der Waals surface area contributed by atoms with E-state index in [2.05, 4.69) is 16.2 Å². The Labute approximate surface area is 73.0 Å². The number of piperidine rings is 1. The Balaban J connectivity index is 2.26. The summed E-state index contributed by atoms with van der Waals surface area (Å²) in [5, 5.41) is 0. The van der Waals surface area contributed by atoms with Gasteiger partial charge in [-0.15, -0.1) is 0 Å². The Bertz CT molecular complexity index is 179. The second-order valence-electron chi connectivity index (χ2n) is 3.10. The molecule has 0 aromatic heterocycles. The quantitative estimate of drug-likeness (QED) is 0.452. The maximum absolute atomic E-state index is 10.9. The summed E-state index contributed by atoms with van der Waals surface area (Å²) in [5.74, 6) is -0.150. The third-order valence-corrected chi connectivity index (χ3v) is 2.14. The summed E-state index contributed by atoms with van der Waals surface area (Å²) >= 11 is 0. The Morgan fingerprint density at radius 1 is 1.58 bits per heavy atom. The molecule has 1 heterocycles. The lowest BCUT2D eigenvalue weighted by atomic mass is 10.1. The molecule has 1 aliphatic heterocycles. The summed E-state index contributed by atoms with van der Waals surface area (Å²) < 4.78 is 4.58. The van der Waals surface area contributed by atoms with Gasteiger partial charge in [-0.05, 0) is 12.8 Å². The van der Waals surface area contributed by atoms with E-state index in [0.717, 1.165) is 25.9 Å². The van der Waals surface area contributed by atoms with Gasteiger partial charge in [0.05, 0.1) is 13.7 Å². The van der Waals surface area contributed by atoms with Gasteiger partial charge in [0.25, 0.3) is 0 Å². The lowest BCUT2D eigenvalue weighted by Crippen LogP contribution is -2.35. The van der Waals surface area contributed by atoms with E-state index in [-0.39, 0.29) is 5.97 Å². The molecule has 12 heavy (non-hydrogen) atoms. The standard InChI is InChI=1S/C9H15NO2/c1-8-3-5-10(6-4-8)7-9(11)12-2/h1,3-7H2,2H3. The summed E-state index contributed by atoms with van der Waals surface area (Å²) in [7, 11) is 1.42. The number of hydrogen-bond acceptors (Lipinski definition) is 3. The van der Waals surface area contributed by atoms with Crippen molar-refractivity contribution < 1.29 is 9.53 Å². The number of nitrogens with zero attached hydrogens (tertiary/aromatic N) is 1. The molecule has 0 bridgehead atoms. The van der Waals surface area contributed by atoms with Crippen molar-refractivity contribution in [3.05, 3.63) is 12.2 Å². The number of rotatable bonds is 2. The van der Waals surface area contributed by atoms with E-state index >= 15 is 0 Å². The van der Waals surface area contributed by atoms with Crippen molar-refractivity contribution in [3.63, 3.8) is 0 Å². The number of carbonyl (C=O) groups excluding carboxylic acids is 1. The van der Waals surface area contributed by atoms with Crippen LogP contribution in [0, 0.1) is 0 Å². The monoisotopic (exact) mass is 169 g/mol. The summed E-state index contributed by atoms with van der Waals surface area (Å²) in [6.07, 6.45) is 2.02. The van der Waals surface area contributed by atoms with Gasteiger partial charge < -0.3 is 4.74 Å². The second-order valence-corrected chi connectivity index (χ2v) is 3.10. The van der Waals surface area contributed by atoms with E-state index in [1.807, 2.05) is 0 Å². The molecule has 0 unspecified atom stereocenters. The van der Waals surface area contributed by atoms with Gasteiger partial charge in [-0.2, -0.15) is 0 Å². The van der Waals surface area contributed by atoms with Crippen molar-refractivity contribution in [2.45, 2.75) is 12.8 Å². The van der Waals surface area contributed by atoms with Gasteiger partial charge in [0.15, 0.2) is 0 Å². The van der Waals surface area contributed by atoms with Crippen LogP contribution in [0.3, 0.4) is 0 Å². The molecule has 0 N–H and O–H groups in total. The van der Waals surface area contributed by atoms with Gasteiger partial charge in [-0.25, -0.2) is 0 Å². The highest BCUT2D eigenvalue weighted by molar-refractivity contribution is 5.71. The average Bonchev–Trinajstić information content (AvgIpc) is 2.09. The molecule has 0 amide bonds. The van der Waals surface area contributed by atoms with Crippen LogP contribution in [0.1, 0.15) is 12.8 Å². The predicted molar refractivity (Wildman–Crippen MR) is 46.8 cm³/mol. The third-order valence-electron chi connectivity index (χ3n) is 2.14. The molecule has 0 aromatic carbocycles. The van der Waals surface area contributed by atoms with Crippen molar-refractivity contribution in [2.24, 2.45) is 0 Å². The van der Waals surface area contributed by atoms with Gasteiger partial charge in [0, 0.05) is 13.1 Å². The molecule has 0 atom stereocenters. The number of methoxy groups -OCH3 is 1. The van der Waals surface area contributed by atoms with Crippen molar-refractivity contribution >= 4 is 5.97 Å². The first-order chi connectivity index (χ1) is 5.72. The highest BCUT2D eigenvalue weighted by atomic mass is 16.5. The fourth-order valence-electron chi connectivity index (χ4n) is 1.27. The zero-order chi connectivity index (χ0) is 8.97. The summed E-state index contributed by atoms with van der Waals surface area (Å²) in [4.78, 5) is 13.0. The topological polar surface area (TPSA) is 29.5 Å². The van der Waals surface area contributed by atoms with Crippen molar-refractivity contribution in [2.75, 3.05) is 26.7 Å². The third kappa shape index (κ3) is 2.66. The van der Waals surface area contributed by atoms with Crippen LogP contribution in [0.25, 0.3) is 0 Å². The first-order valence-corrected chi connectivity index (χ1v) is 4.18. The lowest BCUT2D eigenvalue weighted by Gasteiger charge is -2.26. The molecule has 0 saturated carbocycles. The largest absolute Gasteiger partial charge is 0.468 e. The Morgan fingerprint density at radius 2 is 2.17 bits per heavy atom. The Hall–Kier alpha value is -0.830. The van der Waals surface area contributed by atoms with Crippen molar-refractivity contribution in [1.82, 2.24) is 4.90 Å². The molecule has 1 fully saturated rings. The zero-order valence-electron chi connectivity index (χ0n) is 7.51. The number of ether oxygens (including phenoxy) is 1. The second kappa shape index (κ2) is 4.26. The van der Waals surface area contributed by atoms with E-state index in [4.69, 9.17) is 0 Å². The molecule has 0 spiro atoms. The minimum absolute atomic E-state index is 0.150. The normalized spacial score (nSPS) is 19.2. The van der Waals surface area contributed by atoms with E-state index < -0.39 is 0 Å². The molecule has 1 saturated heterocycles. The highest BCUT2D eigenvalue weighted by Gasteiger charge is 2.15. The van der Waals surface area contributed by atoms with Crippen LogP contribution < -0.4 is 0 Å². The average molecular weight is 169 g/mol. The van der Waals surface area contributed by atoms with Gasteiger partial charge >= 0.3 is 5.97 Å². The fraction of sp³-hybridized carbons (Fsp3) is 0.667. The summed E-state index contributed by atoms with van der Waals surface area (Å²) in [5.41, 5.74) is 1.29. The minimum atomic E-state index is -0.150. The number of hydrogen-bond donors (Lipinski definition) is 0. The Morgan fingerprint density at radius 3 is 2.67 bits per heavy atom. The summed E-state index contributed by atoms with van der Waals surface area (Å²) in [6, 6.07) is 0. The highest BCUT2D eigenvalue weighted by Crippen LogP contribution is 2.12. The number of carbonyl (C=O) groups is 1. The van der Waals surface area contributed by atoms with Gasteiger partial charge in [0.2, 0.25) is 0 Å². The van der Waals surface area contributed by atoms with Crippen LogP contribution in [0.2, 0.25) is 0 Å². The molecule has 3 nitrogen and oxygen atoms in total. The molecular formula is C9H15NO2. The molecule has 3 heteroatoms. The zero-order valence-corrected chi connectivity index (χ0v) is 7.51. The van der Waals surface area contributed by atoms with Crippen LogP contribution in [-0.4, -0.2) is 37.6 Å². The van der Waals surface area contributed by atoms with Crippen LogP contribution in [0.15, 0.2) is 12.2 Å². The van der Waals surface area contributed by atoms with Crippen molar-refractivity contribution in [1.29, 1.82) is 0 Å². The van der Waals surface area contributed by atoms with E-state index in [0.29, 0.717) is 6.54 Å². The molecule has 0 aromatic rings. The van der Waals surface area contributed by atoms with E-state index in [1.54, 1.807) is 0 Å². The van der Waals surface area contributed by atoms with Crippen LogP contribution in [0.4, 0.5) is 0 Å². The van der Waals surface area contributed by atoms with Gasteiger partial charge in [0.1, 0.15) is 0 Å². The molecule has 68 valence electrons. The maximum atomic E-state index is 10.9. The summed E-state index contributed by atoms with van der Waals surface area (Å²) in [6.45, 7) is 6.20. The predicted octanol–water partition coefficient (Wildman–Crippen LogP) is 0.811. The number of likely N-dealkylation sites (tertiary alicyclic amines) is 1. The molecule has 0 radical (unpaired) electrons. The van der Waals surface area contributed by atoms with Gasteiger partial charge in [-0.1, -0.05) is 12.2 Å². The Kier molecular flexibility index (Phi) is 3.29. The first-order valence-electron chi connectivity index (χ1n) is 4.18. The first kappa shape index (κ1) is 9.26. The fourth-order valence-corrected chi connectivity index (χ4v) is 1.27. The number of esters is 1. The van der Waals surface area contributed by atoms with Crippen LogP contribution in [0.5, 0.6) is 0 Å². The smallest absolute Gasteiger partial charge is 0.319 e. The van der Waals surface area contributed by atoms with Crippen molar-refractivity contribution in [3.8, 4) is 0 Å². The van der Waals surface area contributed by atoms with Gasteiger partial charge in [-0.3, -0.25) is 9.69 Å². The maximum Gasteiger partial charge on any atom is 0.319 e. The lowest BCUT2D eigenvalue weighted by molar-refractivity contribution is -0.142.